The summed E-state index contributed by atoms with van der Waals surface area (Å²) in [7, 11) is 0. The van der Waals surface area contributed by atoms with Gasteiger partial charge in [0.25, 0.3) is 0 Å². The van der Waals surface area contributed by atoms with E-state index in [0.29, 0.717) is 0 Å². The molecule has 0 aliphatic heterocycles. The van der Waals surface area contributed by atoms with Gasteiger partial charge >= 0.3 is 0 Å². The normalized spacial score (nSPS) is 11.3. The number of fused-ring (bicyclic) bond motifs is 6. The van der Waals surface area contributed by atoms with E-state index in [4.69, 9.17) is 8.83 Å². The van der Waals surface area contributed by atoms with Gasteiger partial charge in [-0.1, -0.05) is 68.3 Å². The van der Waals surface area contributed by atoms with Gasteiger partial charge < -0.3 is 8.83 Å². The zero-order valence-corrected chi connectivity index (χ0v) is 22.7. The predicted octanol–water partition coefficient (Wildman–Crippen LogP) is 9.91. The van der Waals surface area contributed by atoms with Gasteiger partial charge in [0.15, 0.2) is 0 Å². The molecule has 2 aromatic heterocycles. The zero-order valence-electron chi connectivity index (χ0n) is 15.3. The minimum Gasteiger partial charge on any atom is -0.455 e. The first kappa shape index (κ1) is 20.8. The highest BCUT2D eigenvalue weighted by molar-refractivity contribution is 14.1. The van der Waals surface area contributed by atoms with Crippen LogP contribution in [0.25, 0.3) is 43.9 Å². The van der Waals surface area contributed by atoms with Gasteiger partial charge in [-0.25, -0.2) is 0 Å². The molecule has 0 aliphatic carbocycles. The Hall–Kier alpha value is -1.10. The Bertz CT molecular complexity index is 1430. The van der Waals surface area contributed by atoms with Crippen LogP contribution < -0.4 is 0 Å². The van der Waals surface area contributed by atoms with Crippen LogP contribution in [0.4, 0.5) is 0 Å². The van der Waals surface area contributed by atoms with Gasteiger partial charge in [-0.3, -0.25) is 0 Å². The molecule has 6 rings (SSSR count). The van der Waals surface area contributed by atoms with Crippen molar-refractivity contribution in [2.45, 2.75) is 0 Å². The summed E-state index contributed by atoms with van der Waals surface area (Å²) in [4.78, 5) is 0. The second kappa shape index (κ2) is 8.44. The molecule has 0 bridgehead atoms. The average Bonchev–Trinajstić information content (AvgIpc) is 3.34. The lowest BCUT2D eigenvalue weighted by molar-refractivity contribution is 0.666. The van der Waals surface area contributed by atoms with E-state index >= 15 is 0 Å². The van der Waals surface area contributed by atoms with Crippen LogP contribution in [0.3, 0.4) is 0 Å². The molecular weight excluding hydrogens is 734 g/mol. The van der Waals surface area contributed by atoms with Gasteiger partial charge in [0.1, 0.15) is 22.3 Å². The van der Waals surface area contributed by atoms with Crippen molar-refractivity contribution in [3.8, 4) is 0 Å². The maximum atomic E-state index is 5.83. The largest absolute Gasteiger partial charge is 0.455 e. The average molecular weight is 746 g/mol. The predicted molar refractivity (Wildman–Crippen MR) is 148 cm³/mol. The summed E-state index contributed by atoms with van der Waals surface area (Å²) < 4.78 is 16.1. The highest BCUT2D eigenvalue weighted by Gasteiger charge is 2.12. The van der Waals surface area contributed by atoms with E-state index in [9.17, 15) is 0 Å². The topological polar surface area (TPSA) is 26.3 Å². The smallest absolute Gasteiger partial charge is 0.149 e. The lowest BCUT2D eigenvalue weighted by Gasteiger charge is -1.95. The molecule has 0 amide bonds. The maximum Gasteiger partial charge on any atom is 0.149 e. The lowest BCUT2D eigenvalue weighted by atomic mass is 10.2. The molecule has 2 heterocycles. The fourth-order valence-electron chi connectivity index (χ4n) is 3.51. The molecule has 6 aromatic rings. The Morgan fingerprint density at radius 1 is 0.533 bits per heavy atom. The number of furan rings is 2. The molecule has 0 saturated carbocycles. The van der Waals surface area contributed by atoms with E-state index in [1.165, 1.54) is 0 Å². The van der Waals surface area contributed by atoms with Crippen LogP contribution in [0.15, 0.2) is 90.6 Å². The van der Waals surface area contributed by atoms with Crippen molar-refractivity contribution >= 4 is 121 Å². The maximum absolute atomic E-state index is 5.83. The van der Waals surface area contributed by atoms with Crippen LogP contribution in [0.2, 0.25) is 0 Å². The van der Waals surface area contributed by atoms with Gasteiger partial charge in [-0.05, 0) is 81.6 Å². The molecule has 0 saturated heterocycles. The van der Waals surface area contributed by atoms with E-state index in [1.807, 2.05) is 36.4 Å². The van der Waals surface area contributed by atoms with Crippen LogP contribution in [-0.4, -0.2) is 0 Å². The summed E-state index contributed by atoms with van der Waals surface area (Å²) >= 11 is 11.7. The third-order valence-corrected chi connectivity index (χ3v) is 7.88. The Balaban J connectivity index is 0.000000128. The summed E-state index contributed by atoms with van der Waals surface area (Å²) in [5.74, 6) is 0. The molecule has 2 nitrogen and oxygen atoms in total. The van der Waals surface area contributed by atoms with Crippen molar-refractivity contribution in [3.63, 3.8) is 0 Å². The Kier molecular flexibility index (Phi) is 5.85. The van der Waals surface area contributed by atoms with Crippen molar-refractivity contribution in [1.82, 2.24) is 0 Å². The summed E-state index contributed by atoms with van der Waals surface area (Å²) in [6.45, 7) is 0. The Morgan fingerprint density at radius 3 is 1.37 bits per heavy atom. The molecule has 0 aliphatic rings. The summed E-state index contributed by atoms with van der Waals surface area (Å²) in [6, 6.07) is 24.4. The highest BCUT2D eigenvalue weighted by atomic mass is 127. The number of halogens is 4. The monoisotopic (exact) mass is 744 g/mol. The van der Waals surface area contributed by atoms with Crippen LogP contribution in [0, 0.1) is 7.14 Å². The number of benzene rings is 4. The molecule has 4 aromatic carbocycles. The van der Waals surface area contributed by atoms with Crippen molar-refractivity contribution < 1.29 is 8.83 Å². The molecule has 6 heteroatoms. The van der Waals surface area contributed by atoms with Crippen molar-refractivity contribution in [2.75, 3.05) is 0 Å². The highest BCUT2D eigenvalue weighted by Crippen LogP contribution is 2.37. The Labute approximate surface area is 216 Å². The van der Waals surface area contributed by atoms with E-state index in [0.717, 1.165) is 60.0 Å². The van der Waals surface area contributed by atoms with Crippen molar-refractivity contribution in [3.05, 3.63) is 88.9 Å². The molecule has 0 unspecified atom stereocenters. The first-order valence-electron chi connectivity index (χ1n) is 9.05. The number of hydrogen-bond donors (Lipinski definition) is 0. The van der Waals surface area contributed by atoms with Gasteiger partial charge in [0, 0.05) is 30.5 Å². The number of para-hydroxylation sites is 2. The van der Waals surface area contributed by atoms with Gasteiger partial charge in [0.2, 0.25) is 0 Å². The van der Waals surface area contributed by atoms with Crippen LogP contribution >= 0.6 is 77.0 Å². The third kappa shape index (κ3) is 3.59. The first-order chi connectivity index (χ1) is 14.5. The molecule has 0 atom stereocenters. The zero-order chi connectivity index (χ0) is 20.8. The van der Waals surface area contributed by atoms with Gasteiger partial charge in [0.05, 0.1) is 7.14 Å². The Morgan fingerprint density at radius 2 is 0.933 bits per heavy atom. The van der Waals surface area contributed by atoms with E-state index < -0.39 is 0 Å². The number of hydrogen-bond acceptors (Lipinski definition) is 2. The van der Waals surface area contributed by atoms with Crippen LogP contribution in [0.5, 0.6) is 0 Å². The molecule has 148 valence electrons. The molecule has 0 radical (unpaired) electrons. The summed E-state index contributed by atoms with van der Waals surface area (Å²) in [5, 5.41) is 4.66. The van der Waals surface area contributed by atoms with E-state index in [2.05, 4.69) is 113 Å². The van der Waals surface area contributed by atoms with E-state index in [1.54, 1.807) is 0 Å². The summed E-state index contributed by atoms with van der Waals surface area (Å²) in [6.07, 6.45) is 0. The van der Waals surface area contributed by atoms with Gasteiger partial charge in [-0.2, -0.15) is 0 Å². The van der Waals surface area contributed by atoms with Crippen molar-refractivity contribution in [1.29, 1.82) is 0 Å². The fraction of sp³-hybridized carbons (Fsp3) is 0. The molecule has 0 fully saturated rings. The third-order valence-electron chi connectivity index (χ3n) is 4.85. The lowest BCUT2D eigenvalue weighted by Crippen LogP contribution is -1.73. The molecular formula is C24H12Br2I2O2. The van der Waals surface area contributed by atoms with Crippen LogP contribution in [0.1, 0.15) is 0 Å². The van der Waals surface area contributed by atoms with E-state index in [-0.39, 0.29) is 0 Å². The first-order valence-corrected chi connectivity index (χ1v) is 12.8. The van der Waals surface area contributed by atoms with Crippen LogP contribution in [-0.2, 0) is 0 Å². The fourth-order valence-corrected chi connectivity index (χ4v) is 5.68. The van der Waals surface area contributed by atoms with Crippen molar-refractivity contribution in [2.24, 2.45) is 0 Å². The second-order valence-corrected chi connectivity index (χ2v) is 10.7. The summed E-state index contributed by atoms with van der Waals surface area (Å²) in [5.41, 5.74) is 3.81. The van der Waals surface area contributed by atoms with Gasteiger partial charge in [-0.15, -0.1) is 0 Å². The quantitative estimate of drug-likeness (QED) is 0.145. The minimum absolute atomic E-state index is 0.942. The SMILES string of the molecule is Brc1ccc(I)c2oc3ccccc3c12.Brc1ccc(I)c2oc3ccccc3c12. The molecule has 0 N–H and O–H groups in total. The molecule has 0 spiro atoms. The standard InChI is InChI=1S/2C12H6BrIO/c2*13-8-5-6-9(14)12-11(8)7-3-1-2-4-10(7)15-12/h2*1-6H. The second-order valence-electron chi connectivity index (χ2n) is 6.66. The minimum atomic E-state index is 0.942. The number of rotatable bonds is 0. The molecule has 30 heavy (non-hydrogen) atoms.